The van der Waals surface area contributed by atoms with Gasteiger partial charge in [-0.05, 0) is 41.6 Å². The number of benzene rings is 2. The van der Waals surface area contributed by atoms with E-state index in [0.717, 1.165) is 0 Å². The number of rotatable bonds is 7. The largest absolute Gasteiger partial charge is 0.497 e. The van der Waals surface area contributed by atoms with Gasteiger partial charge >= 0.3 is 0 Å². The lowest BCUT2D eigenvalue weighted by Gasteiger charge is -2.17. The minimum absolute atomic E-state index is 0.0985. The van der Waals surface area contributed by atoms with Gasteiger partial charge in [0, 0.05) is 17.3 Å². The molecule has 1 aromatic heterocycles. The molecule has 0 saturated heterocycles. The van der Waals surface area contributed by atoms with Gasteiger partial charge in [0.25, 0.3) is 0 Å². The third-order valence-corrected chi connectivity index (χ3v) is 5.11. The summed E-state index contributed by atoms with van der Waals surface area (Å²) in [6.07, 6.45) is 0. The summed E-state index contributed by atoms with van der Waals surface area (Å²) in [5.41, 5.74) is 1.84. The van der Waals surface area contributed by atoms with E-state index in [4.69, 9.17) is 9.47 Å². The highest BCUT2D eigenvalue weighted by Crippen LogP contribution is 2.29. The third-order valence-electron chi connectivity index (χ3n) is 4.10. The Balaban J connectivity index is 1.64. The SMILES string of the molecule is COc1ccc(OC)c(NC(=O)CN(C)Cc2csc3ccccc23)c1. The van der Waals surface area contributed by atoms with Crippen LogP contribution in [0.25, 0.3) is 10.1 Å². The molecular formula is C20H22N2O3S. The first-order valence-electron chi connectivity index (χ1n) is 8.26. The van der Waals surface area contributed by atoms with Crippen LogP contribution in [0.2, 0.25) is 0 Å². The Kier molecular flexibility index (Phi) is 5.75. The molecule has 0 aliphatic carbocycles. The minimum Gasteiger partial charge on any atom is -0.497 e. The molecule has 0 aliphatic heterocycles. The second-order valence-corrected chi connectivity index (χ2v) is 6.96. The number of amides is 1. The van der Waals surface area contributed by atoms with Gasteiger partial charge in [-0.25, -0.2) is 0 Å². The monoisotopic (exact) mass is 370 g/mol. The predicted octanol–water partition coefficient (Wildman–Crippen LogP) is 3.99. The number of nitrogens with one attached hydrogen (secondary N) is 1. The predicted molar refractivity (Wildman–Crippen MR) is 106 cm³/mol. The summed E-state index contributed by atoms with van der Waals surface area (Å²) >= 11 is 1.73. The lowest BCUT2D eigenvalue weighted by Crippen LogP contribution is -2.29. The second kappa shape index (κ2) is 8.21. The smallest absolute Gasteiger partial charge is 0.238 e. The molecule has 3 aromatic rings. The van der Waals surface area contributed by atoms with Crippen LogP contribution >= 0.6 is 11.3 Å². The van der Waals surface area contributed by atoms with Gasteiger partial charge in [-0.3, -0.25) is 9.69 Å². The molecule has 3 rings (SSSR count). The van der Waals surface area contributed by atoms with Crippen LogP contribution in [-0.2, 0) is 11.3 Å². The zero-order chi connectivity index (χ0) is 18.5. The quantitative estimate of drug-likeness (QED) is 0.683. The molecule has 0 saturated carbocycles. The van der Waals surface area contributed by atoms with E-state index in [0.29, 0.717) is 23.7 Å². The number of thiophene rings is 1. The first-order valence-corrected chi connectivity index (χ1v) is 9.14. The Hall–Kier alpha value is -2.57. The molecule has 0 bridgehead atoms. The molecule has 1 heterocycles. The van der Waals surface area contributed by atoms with Crippen LogP contribution in [0.5, 0.6) is 11.5 Å². The highest BCUT2D eigenvalue weighted by molar-refractivity contribution is 7.17. The van der Waals surface area contributed by atoms with Crippen LogP contribution in [0.15, 0.2) is 47.8 Å². The molecule has 26 heavy (non-hydrogen) atoms. The normalized spacial score (nSPS) is 10.9. The maximum absolute atomic E-state index is 12.4. The maximum atomic E-state index is 12.4. The van der Waals surface area contributed by atoms with E-state index >= 15 is 0 Å². The molecular weight excluding hydrogens is 348 g/mol. The van der Waals surface area contributed by atoms with Crippen LogP contribution in [0, 0.1) is 0 Å². The van der Waals surface area contributed by atoms with E-state index in [1.165, 1.54) is 15.6 Å². The first-order chi connectivity index (χ1) is 12.6. The van der Waals surface area contributed by atoms with Gasteiger partial charge in [-0.2, -0.15) is 0 Å². The Morgan fingerprint density at radius 1 is 1.15 bits per heavy atom. The second-order valence-electron chi connectivity index (χ2n) is 6.04. The zero-order valence-electron chi connectivity index (χ0n) is 15.1. The summed E-state index contributed by atoms with van der Waals surface area (Å²) in [6.45, 7) is 0.997. The first kappa shape index (κ1) is 18.2. The van der Waals surface area contributed by atoms with Crippen molar-refractivity contribution in [3.63, 3.8) is 0 Å². The van der Waals surface area contributed by atoms with Crippen molar-refractivity contribution in [2.24, 2.45) is 0 Å². The van der Waals surface area contributed by atoms with Gasteiger partial charge < -0.3 is 14.8 Å². The van der Waals surface area contributed by atoms with Crippen molar-refractivity contribution < 1.29 is 14.3 Å². The number of methoxy groups -OCH3 is 2. The van der Waals surface area contributed by atoms with Crippen molar-refractivity contribution >= 4 is 33.0 Å². The van der Waals surface area contributed by atoms with E-state index in [9.17, 15) is 4.79 Å². The Bertz CT molecular complexity index is 907. The molecule has 5 nitrogen and oxygen atoms in total. The van der Waals surface area contributed by atoms with Crippen LogP contribution in [0.1, 0.15) is 5.56 Å². The lowest BCUT2D eigenvalue weighted by atomic mass is 10.2. The Morgan fingerprint density at radius 3 is 2.73 bits per heavy atom. The maximum Gasteiger partial charge on any atom is 0.238 e. The number of nitrogens with zero attached hydrogens (tertiary/aromatic N) is 1. The van der Waals surface area contributed by atoms with Crippen LogP contribution in [-0.4, -0.2) is 38.6 Å². The van der Waals surface area contributed by atoms with E-state index in [-0.39, 0.29) is 12.5 Å². The highest BCUT2D eigenvalue weighted by Gasteiger charge is 2.13. The highest BCUT2D eigenvalue weighted by atomic mass is 32.1. The Labute approximate surface area is 157 Å². The summed E-state index contributed by atoms with van der Waals surface area (Å²) in [4.78, 5) is 14.4. The number of hydrogen-bond acceptors (Lipinski definition) is 5. The summed E-state index contributed by atoms with van der Waals surface area (Å²) in [6, 6.07) is 13.6. The van der Waals surface area contributed by atoms with Gasteiger partial charge in [-0.1, -0.05) is 18.2 Å². The van der Waals surface area contributed by atoms with Gasteiger partial charge in [0.1, 0.15) is 11.5 Å². The molecule has 2 aromatic carbocycles. The fraction of sp³-hybridized carbons (Fsp3) is 0.250. The fourth-order valence-electron chi connectivity index (χ4n) is 2.85. The van der Waals surface area contributed by atoms with Crippen molar-refractivity contribution in [3.8, 4) is 11.5 Å². The summed E-state index contributed by atoms with van der Waals surface area (Å²) in [5, 5.41) is 6.31. The molecule has 1 N–H and O–H groups in total. The fourth-order valence-corrected chi connectivity index (χ4v) is 3.80. The molecule has 136 valence electrons. The number of ether oxygens (including phenoxy) is 2. The third kappa shape index (κ3) is 4.15. The van der Waals surface area contributed by atoms with Crippen molar-refractivity contribution in [1.29, 1.82) is 0 Å². The van der Waals surface area contributed by atoms with Gasteiger partial charge in [-0.15, -0.1) is 11.3 Å². The number of carbonyl (C=O) groups is 1. The van der Waals surface area contributed by atoms with E-state index in [1.807, 2.05) is 24.1 Å². The number of fused-ring (bicyclic) bond motifs is 1. The number of carbonyl (C=O) groups excluding carboxylic acids is 1. The average molecular weight is 370 g/mol. The van der Waals surface area contributed by atoms with E-state index in [1.54, 1.807) is 43.8 Å². The summed E-state index contributed by atoms with van der Waals surface area (Å²) in [5.74, 6) is 1.17. The molecule has 0 radical (unpaired) electrons. The lowest BCUT2D eigenvalue weighted by molar-refractivity contribution is -0.117. The number of hydrogen-bond donors (Lipinski definition) is 1. The average Bonchev–Trinajstić information content (AvgIpc) is 3.04. The van der Waals surface area contributed by atoms with Crippen LogP contribution < -0.4 is 14.8 Å². The molecule has 0 atom stereocenters. The standard InChI is InChI=1S/C20H22N2O3S/c1-22(11-14-13-26-19-7-5-4-6-16(14)19)12-20(23)21-17-10-15(24-2)8-9-18(17)25-3/h4-10,13H,11-12H2,1-3H3,(H,21,23). The van der Waals surface area contributed by atoms with E-state index < -0.39 is 0 Å². The topological polar surface area (TPSA) is 50.8 Å². The van der Waals surface area contributed by atoms with Crippen LogP contribution in [0.4, 0.5) is 5.69 Å². The number of likely N-dealkylation sites (N-methyl/N-ethyl adjacent to an activating group) is 1. The molecule has 0 spiro atoms. The van der Waals surface area contributed by atoms with E-state index in [2.05, 4.69) is 22.8 Å². The molecule has 6 heteroatoms. The minimum atomic E-state index is -0.0985. The zero-order valence-corrected chi connectivity index (χ0v) is 15.9. The molecule has 0 aliphatic rings. The van der Waals surface area contributed by atoms with Gasteiger partial charge in [0.2, 0.25) is 5.91 Å². The van der Waals surface area contributed by atoms with Gasteiger partial charge in [0.05, 0.1) is 26.5 Å². The van der Waals surface area contributed by atoms with Crippen molar-refractivity contribution in [3.05, 3.63) is 53.4 Å². The molecule has 1 amide bonds. The van der Waals surface area contributed by atoms with Gasteiger partial charge in [0.15, 0.2) is 0 Å². The van der Waals surface area contributed by atoms with Crippen molar-refractivity contribution in [2.45, 2.75) is 6.54 Å². The summed E-state index contributed by atoms with van der Waals surface area (Å²) < 4.78 is 11.8. The Morgan fingerprint density at radius 2 is 1.96 bits per heavy atom. The van der Waals surface area contributed by atoms with Crippen LogP contribution in [0.3, 0.4) is 0 Å². The number of anilines is 1. The molecule has 0 fully saturated rings. The van der Waals surface area contributed by atoms with Crippen molar-refractivity contribution in [2.75, 3.05) is 33.1 Å². The molecule has 0 unspecified atom stereocenters. The van der Waals surface area contributed by atoms with Crippen molar-refractivity contribution in [1.82, 2.24) is 4.90 Å². The summed E-state index contributed by atoms with van der Waals surface area (Å²) in [7, 11) is 5.10.